The Morgan fingerprint density at radius 1 is 1.33 bits per heavy atom. The number of anilines is 1. The third kappa shape index (κ3) is 3.54. The van der Waals surface area contributed by atoms with E-state index in [2.05, 4.69) is 58.6 Å². The zero-order valence-corrected chi connectivity index (χ0v) is 13.9. The first kappa shape index (κ1) is 15.6. The first-order valence-electron chi connectivity index (χ1n) is 6.31. The third-order valence-corrected chi connectivity index (χ3v) is 3.91. The van der Waals surface area contributed by atoms with Crippen molar-refractivity contribution in [1.82, 2.24) is 9.97 Å². The minimum absolute atomic E-state index is 0.0512. The molecule has 0 amide bonds. The highest BCUT2D eigenvalue weighted by Gasteiger charge is 2.21. The monoisotopic (exact) mass is 363 g/mol. The summed E-state index contributed by atoms with van der Waals surface area (Å²) in [6.45, 7) is 6.40. The summed E-state index contributed by atoms with van der Waals surface area (Å²) in [5.41, 5.74) is 1.11. The van der Waals surface area contributed by atoms with Crippen LogP contribution in [-0.4, -0.2) is 24.1 Å². The Labute approximate surface area is 123 Å². The molecular weight excluding hydrogens is 341 g/mol. The van der Waals surface area contributed by atoms with Gasteiger partial charge in [0.25, 0.3) is 0 Å². The van der Waals surface area contributed by atoms with Gasteiger partial charge in [0.1, 0.15) is 11.9 Å². The summed E-state index contributed by atoms with van der Waals surface area (Å²) in [5, 5.41) is 3.14. The molecule has 1 aromatic rings. The van der Waals surface area contributed by atoms with Crippen LogP contribution >= 0.6 is 22.6 Å². The maximum absolute atomic E-state index is 5.52. The molecule has 0 bridgehead atoms. The molecule has 4 nitrogen and oxygen atoms in total. The second kappa shape index (κ2) is 7.23. The van der Waals surface area contributed by atoms with Crippen LogP contribution in [0.25, 0.3) is 0 Å². The number of rotatable bonds is 6. The van der Waals surface area contributed by atoms with Gasteiger partial charge in [-0.2, -0.15) is 0 Å². The van der Waals surface area contributed by atoms with Crippen molar-refractivity contribution in [1.29, 1.82) is 0 Å². The zero-order chi connectivity index (χ0) is 13.7. The van der Waals surface area contributed by atoms with Crippen molar-refractivity contribution in [3.63, 3.8) is 0 Å². The van der Waals surface area contributed by atoms with E-state index in [4.69, 9.17) is 4.74 Å². The number of nitrogens with one attached hydrogen (secondary N) is 1. The molecule has 0 aliphatic heterocycles. The maximum Gasteiger partial charge on any atom is 0.160 e. The Bertz CT molecular complexity index is 396. The predicted molar refractivity (Wildman–Crippen MR) is 82.9 cm³/mol. The van der Waals surface area contributed by atoms with Crippen LogP contribution < -0.4 is 5.32 Å². The van der Waals surface area contributed by atoms with E-state index in [1.807, 2.05) is 7.05 Å². The molecule has 1 atom stereocenters. The Hall–Kier alpha value is -0.430. The molecule has 1 heterocycles. The number of hydrogen-bond donors (Lipinski definition) is 1. The Balaban J connectivity index is 3.23. The van der Waals surface area contributed by atoms with Crippen LogP contribution in [0.3, 0.4) is 0 Å². The molecule has 0 saturated heterocycles. The standard InChI is InChI=1S/C13H22IN3O/c1-6-7-9-10(14)12(15-4)17-13(16-9)11(18-5)8(2)3/h8,11H,6-7H2,1-5H3,(H,15,16,17). The summed E-state index contributed by atoms with van der Waals surface area (Å²) in [6, 6.07) is 0. The van der Waals surface area contributed by atoms with E-state index >= 15 is 0 Å². The van der Waals surface area contributed by atoms with Crippen molar-refractivity contribution >= 4 is 28.4 Å². The van der Waals surface area contributed by atoms with Gasteiger partial charge in [0.05, 0.1) is 9.26 Å². The lowest BCUT2D eigenvalue weighted by molar-refractivity contribution is 0.0573. The van der Waals surface area contributed by atoms with E-state index in [0.717, 1.165) is 33.7 Å². The van der Waals surface area contributed by atoms with Crippen LogP contribution in [0, 0.1) is 9.49 Å². The normalized spacial score (nSPS) is 12.8. The summed E-state index contributed by atoms with van der Waals surface area (Å²) in [4.78, 5) is 9.25. The summed E-state index contributed by atoms with van der Waals surface area (Å²) < 4.78 is 6.63. The second-order valence-electron chi connectivity index (χ2n) is 4.59. The molecule has 0 aliphatic rings. The highest BCUT2D eigenvalue weighted by atomic mass is 127. The molecule has 0 aliphatic carbocycles. The fourth-order valence-electron chi connectivity index (χ4n) is 1.88. The van der Waals surface area contributed by atoms with Crippen LogP contribution in [0.2, 0.25) is 0 Å². The van der Waals surface area contributed by atoms with Gasteiger partial charge in [0, 0.05) is 14.2 Å². The molecule has 0 radical (unpaired) electrons. The van der Waals surface area contributed by atoms with Crippen molar-refractivity contribution in [2.24, 2.45) is 5.92 Å². The van der Waals surface area contributed by atoms with E-state index in [9.17, 15) is 0 Å². The van der Waals surface area contributed by atoms with Crippen molar-refractivity contribution in [2.75, 3.05) is 19.5 Å². The predicted octanol–water partition coefficient (Wildman–Crippen LogP) is 3.42. The smallest absolute Gasteiger partial charge is 0.160 e. The number of halogens is 1. The van der Waals surface area contributed by atoms with Gasteiger partial charge in [-0.1, -0.05) is 27.2 Å². The van der Waals surface area contributed by atoms with E-state index in [1.54, 1.807) is 7.11 Å². The summed E-state index contributed by atoms with van der Waals surface area (Å²) in [6.07, 6.45) is 2.00. The summed E-state index contributed by atoms with van der Waals surface area (Å²) >= 11 is 2.31. The van der Waals surface area contributed by atoms with Gasteiger partial charge in [-0.3, -0.25) is 0 Å². The minimum atomic E-state index is -0.0512. The van der Waals surface area contributed by atoms with Gasteiger partial charge in [-0.15, -0.1) is 0 Å². The molecule has 18 heavy (non-hydrogen) atoms. The maximum atomic E-state index is 5.52. The molecule has 1 aromatic heterocycles. The van der Waals surface area contributed by atoms with Crippen molar-refractivity contribution in [3.05, 3.63) is 15.1 Å². The Kier molecular flexibility index (Phi) is 6.28. The van der Waals surface area contributed by atoms with Gasteiger partial charge < -0.3 is 10.1 Å². The van der Waals surface area contributed by atoms with Crippen LogP contribution in [-0.2, 0) is 11.2 Å². The second-order valence-corrected chi connectivity index (χ2v) is 5.67. The third-order valence-electron chi connectivity index (χ3n) is 2.77. The van der Waals surface area contributed by atoms with Gasteiger partial charge in [0.2, 0.25) is 0 Å². The van der Waals surface area contributed by atoms with E-state index in [1.165, 1.54) is 0 Å². The van der Waals surface area contributed by atoms with Crippen LogP contribution in [0.4, 0.5) is 5.82 Å². The van der Waals surface area contributed by atoms with Crippen LogP contribution in [0.15, 0.2) is 0 Å². The largest absolute Gasteiger partial charge is 0.373 e. The van der Waals surface area contributed by atoms with Crippen LogP contribution in [0.1, 0.15) is 44.8 Å². The highest BCUT2D eigenvalue weighted by Crippen LogP contribution is 2.27. The molecule has 5 heteroatoms. The topological polar surface area (TPSA) is 47.0 Å². The number of hydrogen-bond acceptors (Lipinski definition) is 4. The van der Waals surface area contributed by atoms with Crippen molar-refractivity contribution in [2.45, 2.75) is 39.7 Å². The number of ether oxygens (including phenoxy) is 1. The SMILES string of the molecule is CCCc1nc(C(OC)C(C)C)nc(NC)c1I. The minimum Gasteiger partial charge on any atom is -0.373 e. The molecular formula is C13H22IN3O. The quantitative estimate of drug-likeness (QED) is 0.787. The molecule has 102 valence electrons. The Morgan fingerprint density at radius 2 is 2.00 bits per heavy atom. The molecule has 0 fully saturated rings. The molecule has 0 saturated carbocycles. The molecule has 1 N–H and O–H groups in total. The Morgan fingerprint density at radius 3 is 2.44 bits per heavy atom. The van der Waals surface area contributed by atoms with Gasteiger partial charge in [0.15, 0.2) is 5.82 Å². The lowest BCUT2D eigenvalue weighted by Gasteiger charge is -2.20. The van der Waals surface area contributed by atoms with Gasteiger partial charge in [-0.25, -0.2) is 9.97 Å². The number of methoxy groups -OCH3 is 1. The van der Waals surface area contributed by atoms with E-state index in [0.29, 0.717) is 5.92 Å². The molecule has 1 unspecified atom stereocenters. The molecule has 0 aromatic carbocycles. The van der Waals surface area contributed by atoms with Gasteiger partial charge >= 0.3 is 0 Å². The average molecular weight is 363 g/mol. The lowest BCUT2D eigenvalue weighted by atomic mass is 10.1. The lowest BCUT2D eigenvalue weighted by Crippen LogP contribution is -2.16. The number of aromatic nitrogens is 2. The fraction of sp³-hybridized carbons (Fsp3) is 0.692. The zero-order valence-electron chi connectivity index (χ0n) is 11.7. The molecule has 0 spiro atoms. The van der Waals surface area contributed by atoms with E-state index in [-0.39, 0.29) is 6.10 Å². The summed E-state index contributed by atoms with van der Waals surface area (Å²) in [5.74, 6) is 2.03. The van der Waals surface area contributed by atoms with Crippen molar-refractivity contribution < 1.29 is 4.74 Å². The summed E-state index contributed by atoms with van der Waals surface area (Å²) in [7, 11) is 3.60. The fourth-order valence-corrected chi connectivity index (χ4v) is 2.66. The number of aryl methyl sites for hydroxylation is 1. The van der Waals surface area contributed by atoms with Crippen molar-refractivity contribution in [3.8, 4) is 0 Å². The van der Waals surface area contributed by atoms with Crippen LogP contribution in [0.5, 0.6) is 0 Å². The first-order chi connectivity index (χ1) is 8.54. The first-order valence-corrected chi connectivity index (χ1v) is 7.39. The average Bonchev–Trinajstić information content (AvgIpc) is 2.33. The highest BCUT2D eigenvalue weighted by molar-refractivity contribution is 14.1. The number of nitrogens with zero attached hydrogens (tertiary/aromatic N) is 2. The molecule has 1 rings (SSSR count). The van der Waals surface area contributed by atoms with Gasteiger partial charge in [-0.05, 0) is 34.9 Å². The van der Waals surface area contributed by atoms with E-state index < -0.39 is 0 Å².